The molecular weight excluding hydrogens is 140 g/mol. The molecule has 0 aromatic heterocycles. The summed E-state index contributed by atoms with van der Waals surface area (Å²) in [4.78, 5) is 11.3. The molecule has 0 bridgehead atoms. The fourth-order valence-electron chi connectivity index (χ4n) is 1.37. The van der Waals surface area contributed by atoms with E-state index in [0.29, 0.717) is 24.2 Å². The van der Waals surface area contributed by atoms with Gasteiger partial charge >= 0.3 is 0 Å². The quantitative estimate of drug-likeness (QED) is 0.610. The van der Waals surface area contributed by atoms with Crippen molar-refractivity contribution in [1.82, 2.24) is 10.9 Å². The molecular formula is C8H16N2O. The van der Waals surface area contributed by atoms with Crippen LogP contribution in [0.5, 0.6) is 0 Å². The first-order chi connectivity index (χ1) is 5.16. The number of carbonyl (C=O) groups is 1. The van der Waals surface area contributed by atoms with Crippen LogP contribution in [-0.4, -0.2) is 17.9 Å². The van der Waals surface area contributed by atoms with E-state index in [1.54, 1.807) is 0 Å². The molecule has 1 saturated heterocycles. The zero-order valence-electron chi connectivity index (χ0n) is 7.35. The van der Waals surface area contributed by atoms with Gasteiger partial charge in [0.2, 0.25) is 0 Å². The molecule has 3 atom stereocenters. The molecule has 1 aliphatic rings. The lowest BCUT2D eigenvalue weighted by Crippen LogP contribution is -2.37. The van der Waals surface area contributed by atoms with E-state index in [4.69, 9.17) is 0 Å². The van der Waals surface area contributed by atoms with Crippen molar-refractivity contribution in [3.63, 3.8) is 0 Å². The number of rotatable bonds is 2. The van der Waals surface area contributed by atoms with Crippen LogP contribution in [0.15, 0.2) is 0 Å². The molecule has 3 unspecified atom stereocenters. The fourth-order valence-corrected chi connectivity index (χ4v) is 1.37. The standard InChI is InChI=1S/C8H16N2O/c1-4-7(11)8-5(2)6(3)9-10-8/h5-6,8-10H,4H2,1-3H3. The third-order valence-electron chi connectivity index (χ3n) is 2.48. The largest absolute Gasteiger partial charge is 0.298 e. The number of nitrogens with one attached hydrogen (secondary N) is 2. The summed E-state index contributed by atoms with van der Waals surface area (Å²) in [5.41, 5.74) is 6.07. The number of Topliss-reactive ketones (excluding diaryl/α,β-unsaturated/α-hetero) is 1. The van der Waals surface area contributed by atoms with Gasteiger partial charge in [-0.3, -0.25) is 10.2 Å². The van der Waals surface area contributed by atoms with Gasteiger partial charge in [-0.2, -0.15) is 0 Å². The predicted molar refractivity (Wildman–Crippen MR) is 44.0 cm³/mol. The van der Waals surface area contributed by atoms with Crippen LogP contribution in [-0.2, 0) is 4.79 Å². The van der Waals surface area contributed by atoms with Crippen LogP contribution in [0.3, 0.4) is 0 Å². The molecule has 64 valence electrons. The Balaban J connectivity index is 2.54. The summed E-state index contributed by atoms with van der Waals surface area (Å²) in [6.07, 6.45) is 0.621. The van der Waals surface area contributed by atoms with Crippen molar-refractivity contribution in [2.45, 2.75) is 39.3 Å². The topological polar surface area (TPSA) is 41.1 Å². The zero-order valence-corrected chi connectivity index (χ0v) is 7.35. The summed E-state index contributed by atoms with van der Waals surface area (Å²) >= 11 is 0. The first kappa shape index (κ1) is 8.68. The van der Waals surface area contributed by atoms with Crippen molar-refractivity contribution in [2.24, 2.45) is 5.92 Å². The number of hydrogen-bond donors (Lipinski definition) is 2. The van der Waals surface area contributed by atoms with Crippen LogP contribution in [0.4, 0.5) is 0 Å². The first-order valence-corrected chi connectivity index (χ1v) is 4.20. The second kappa shape index (κ2) is 3.32. The Labute approximate surface area is 67.5 Å². The molecule has 0 saturated carbocycles. The van der Waals surface area contributed by atoms with Crippen molar-refractivity contribution in [3.8, 4) is 0 Å². The van der Waals surface area contributed by atoms with E-state index in [0.717, 1.165) is 0 Å². The molecule has 0 radical (unpaired) electrons. The highest BCUT2D eigenvalue weighted by atomic mass is 16.1. The van der Waals surface area contributed by atoms with Crippen molar-refractivity contribution >= 4 is 5.78 Å². The first-order valence-electron chi connectivity index (χ1n) is 4.20. The second-order valence-corrected chi connectivity index (χ2v) is 3.23. The van der Waals surface area contributed by atoms with E-state index < -0.39 is 0 Å². The lowest BCUT2D eigenvalue weighted by atomic mass is 9.94. The number of hydrogen-bond acceptors (Lipinski definition) is 3. The van der Waals surface area contributed by atoms with Crippen molar-refractivity contribution < 1.29 is 4.79 Å². The SMILES string of the molecule is CCC(=O)C1NNC(C)C1C. The zero-order chi connectivity index (χ0) is 8.43. The summed E-state index contributed by atoms with van der Waals surface area (Å²) in [5, 5.41) is 0. The van der Waals surface area contributed by atoms with Crippen LogP contribution in [0.2, 0.25) is 0 Å². The Morgan fingerprint density at radius 3 is 2.36 bits per heavy atom. The molecule has 0 spiro atoms. The maximum Gasteiger partial charge on any atom is 0.151 e. The smallest absolute Gasteiger partial charge is 0.151 e. The molecule has 1 rings (SSSR count). The fraction of sp³-hybridized carbons (Fsp3) is 0.875. The molecule has 0 aromatic carbocycles. The van der Waals surface area contributed by atoms with Crippen LogP contribution in [0.1, 0.15) is 27.2 Å². The minimum atomic E-state index is 0.0231. The van der Waals surface area contributed by atoms with Gasteiger partial charge in [-0.05, 0) is 12.8 Å². The van der Waals surface area contributed by atoms with Gasteiger partial charge in [0.25, 0.3) is 0 Å². The Morgan fingerprint density at radius 2 is 2.00 bits per heavy atom. The number of carbonyl (C=O) groups excluding carboxylic acids is 1. The minimum Gasteiger partial charge on any atom is -0.298 e. The Bertz CT molecular complexity index is 158. The van der Waals surface area contributed by atoms with Gasteiger partial charge in [0.1, 0.15) is 0 Å². The van der Waals surface area contributed by atoms with Gasteiger partial charge in [-0.15, -0.1) is 0 Å². The molecule has 11 heavy (non-hydrogen) atoms. The van der Waals surface area contributed by atoms with Gasteiger partial charge in [-0.1, -0.05) is 13.8 Å². The maximum atomic E-state index is 11.3. The van der Waals surface area contributed by atoms with E-state index in [-0.39, 0.29) is 6.04 Å². The van der Waals surface area contributed by atoms with E-state index in [2.05, 4.69) is 24.7 Å². The predicted octanol–water partition coefficient (Wildman–Crippen LogP) is 0.466. The van der Waals surface area contributed by atoms with Gasteiger partial charge in [0.15, 0.2) is 5.78 Å². The lowest BCUT2D eigenvalue weighted by molar-refractivity contribution is -0.121. The van der Waals surface area contributed by atoms with Crippen LogP contribution >= 0.6 is 0 Å². The van der Waals surface area contributed by atoms with Crippen LogP contribution in [0, 0.1) is 5.92 Å². The summed E-state index contributed by atoms with van der Waals surface area (Å²) in [5.74, 6) is 0.705. The maximum absolute atomic E-state index is 11.3. The normalized spacial score (nSPS) is 37.5. The molecule has 0 aliphatic carbocycles. The molecule has 0 aromatic rings. The van der Waals surface area contributed by atoms with Crippen molar-refractivity contribution in [3.05, 3.63) is 0 Å². The third kappa shape index (κ3) is 1.60. The summed E-state index contributed by atoms with van der Waals surface area (Å²) in [6, 6.07) is 0.422. The van der Waals surface area contributed by atoms with Crippen LogP contribution in [0.25, 0.3) is 0 Å². The molecule has 1 fully saturated rings. The van der Waals surface area contributed by atoms with Crippen molar-refractivity contribution in [1.29, 1.82) is 0 Å². The minimum absolute atomic E-state index is 0.0231. The molecule has 0 amide bonds. The summed E-state index contributed by atoms with van der Waals surface area (Å²) in [7, 11) is 0. The summed E-state index contributed by atoms with van der Waals surface area (Å²) in [6.45, 7) is 6.08. The Hall–Kier alpha value is -0.410. The average molecular weight is 156 g/mol. The van der Waals surface area contributed by atoms with Gasteiger partial charge in [-0.25, -0.2) is 5.43 Å². The van der Waals surface area contributed by atoms with E-state index in [1.807, 2.05) is 6.92 Å². The summed E-state index contributed by atoms with van der Waals surface area (Å²) < 4.78 is 0. The Kier molecular flexibility index (Phi) is 2.62. The van der Waals surface area contributed by atoms with E-state index in [9.17, 15) is 4.79 Å². The second-order valence-electron chi connectivity index (χ2n) is 3.23. The van der Waals surface area contributed by atoms with E-state index >= 15 is 0 Å². The molecule has 2 N–H and O–H groups in total. The monoisotopic (exact) mass is 156 g/mol. The van der Waals surface area contributed by atoms with Gasteiger partial charge < -0.3 is 0 Å². The van der Waals surface area contributed by atoms with Gasteiger partial charge in [0, 0.05) is 12.5 Å². The van der Waals surface area contributed by atoms with Gasteiger partial charge in [0.05, 0.1) is 6.04 Å². The highest BCUT2D eigenvalue weighted by Crippen LogP contribution is 2.14. The Morgan fingerprint density at radius 1 is 1.36 bits per heavy atom. The average Bonchev–Trinajstić information content (AvgIpc) is 2.32. The number of ketones is 1. The molecule has 3 heteroatoms. The molecule has 1 aliphatic heterocycles. The molecule has 3 nitrogen and oxygen atoms in total. The van der Waals surface area contributed by atoms with Crippen LogP contribution < -0.4 is 10.9 Å². The number of hydrazine groups is 1. The highest BCUT2D eigenvalue weighted by Gasteiger charge is 2.32. The highest BCUT2D eigenvalue weighted by molar-refractivity contribution is 5.84. The molecule has 1 heterocycles. The lowest BCUT2D eigenvalue weighted by Gasteiger charge is -2.13. The van der Waals surface area contributed by atoms with Crippen molar-refractivity contribution in [2.75, 3.05) is 0 Å². The van der Waals surface area contributed by atoms with E-state index in [1.165, 1.54) is 0 Å². The third-order valence-corrected chi connectivity index (χ3v) is 2.48.